The lowest BCUT2D eigenvalue weighted by atomic mass is 9.91. The van der Waals surface area contributed by atoms with Gasteiger partial charge in [0, 0.05) is 32.0 Å². The first-order chi connectivity index (χ1) is 19.6. The van der Waals surface area contributed by atoms with Crippen LogP contribution in [0, 0.1) is 5.82 Å². The number of aromatic nitrogens is 4. The van der Waals surface area contributed by atoms with E-state index in [4.69, 9.17) is 5.10 Å². The van der Waals surface area contributed by atoms with Crippen molar-refractivity contribution < 1.29 is 9.50 Å². The molecule has 4 aromatic rings. The van der Waals surface area contributed by atoms with Crippen molar-refractivity contribution in [2.45, 2.75) is 43.5 Å². The number of hydrogen-bond acceptors (Lipinski definition) is 7. The number of nitrogens with one attached hydrogen (secondary N) is 1. The Morgan fingerprint density at radius 2 is 1.85 bits per heavy atom. The molecule has 9 heteroatoms. The summed E-state index contributed by atoms with van der Waals surface area (Å²) in [4.78, 5) is 13.6. The number of piperidine rings is 1. The Morgan fingerprint density at radius 3 is 2.67 bits per heavy atom. The topological polar surface area (TPSA) is 81.8 Å². The zero-order chi connectivity index (χ0) is 27.1. The quantitative estimate of drug-likeness (QED) is 0.390. The summed E-state index contributed by atoms with van der Waals surface area (Å²) in [6.45, 7) is 2.39. The highest BCUT2D eigenvalue weighted by atomic mass is 19.1. The Bertz CT molecular complexity index is 1580. The maximum absolute atomic E-state index is 14.0. The van der Waals surface area contributed by atoms with E-state index in [0.29, 0.717) is 0 Å². The third-order valence-electron chi connectivity index (χ3n) is 8.41. The Balaban J connectivity index is 1.24. The van der Waals surface area contributed by atoms with Crippen LogP contribution in [-0.4, -0.2) is 55.3 Å². The molecular formula is C31H32FN7O. The smallest absolute Gasteiger partial charge is 0.154 e. The van der Waals surface area contributed by atoms with E-state index in [1.54, 1.807) is 12.1 Å². The summed E-state index contributed by atoms with van der Waals surface area (Å²) in [5.41, 5.74) is 3.99. The van der Waals surface area contributed by atoms with Crippen LogP contribution in [0.2, 0.25) is 0 Å². The van der Waals surface area contributed by atoms with Gasteiger partial charge in [-0.25, -0.2) is 13.9 Å². The maximum atomic E-state index is 14.0. The Labute approximate surface area is 232 Å². The molecule has 3 aromatic heterocycles. The molecule has 2 atom stereocenters. The van der Waals surface area contributed by atoms with Gasteiger partial charge in [-0.05, 0) is 85.4 Å². The summed E-state index contributed by atoms with van der Waals surface area (Å²) < 4.78 is 15.9. The first-order valence-corrected chi connectivity index (χ1v) is 14.0. The molecule has 2 saturated heterocycles. The zero-order valence-corrected chi connectivity index (χ0v) is 22.2. The summed E-state index contributed by atoms with van der Waals surface area (Å²) in [6, 6.07) is 15.0. The molecule has 0 amide bonds. The summed E-state index contributed by atoms with van der Waals surface area (Å²) in [5.74, 6) is 0.629. The molecule has 0 radical (unpaired) electrons. The number of nitrogens with zero attached hydrogens (tertiary/aromatic N) is 6. The maximum Gasteiger partial charge on any atom is 0.154 e. The number of likely N-dealkylation sites (tertiary alicyclic amines) is 1. The number of aliphatic hydroxyl groups is 1. The van der Waals surface area contributed by atoms with Crippen LogP contribution in [0.1, 0.15) is 48.5 Å². The second-order valence-electron chi connectivity index (χ2n) is 10.8. The van der Waals surface area contributed by atoms with Crippen molar-refractivity contribution in [3.63, 3.8) is 0 Å². The van der Waals surface area contributed by atoms with E-state index in [1.165, 1.54) is 6.07 Å². The SMILES string of the molecule is OC1CCN(C2(c3ccncc3)C=CC=C(c3cnc4ccc(N5CCCC5c5cccc(F)c5)nn34)N2)CC1. The van der Waals surface area contributed by atoms with E-state index in [1.807, 2.05) is 53.4 Å². The molecule has 0 saturated carbocycles. The number of benzene rings is 1. The molecule has 8 nitrogen and oxygen atoms in total. The highest BCUT2D eigenvalue weighted by Gasteiger charge is 2.40. The summed E-state index contributed by atoms with van der Waals surface area (Å²) in [7, 11) is 0. The predicted molar refractivity (Wildman–Crippen MR) is 152 cm³/mol. The van der Waals surface area contributed by atoms with Crippen LogP contribution in [0.5, 0.6) is 0 Å². The highest BCUT2D eigenvalue weighted by Crippen LogP contribution is 2.37. The molecule has 204 valence electrons. The van der Waals surface area contributed by atoms with E-state index < -0.39 is 5.66 Å². The molecule has 2 unspecified atom stereocenters. The molecule has 0 spiro atoms. The lowest BCUT2D eigenvalue weighted by Gasteiger charge is -2.47. The minimum atomic E-state index is -0.591. The lowest BCUT2D eigenvalue weighted by Crippen LogP contribution is -2.57. The molecule has 3 aliphatic heterocycles. The van der Waals surface area contributed by atoms with Crippen molar-refractivity contribution >= 4 is 17.2 Å². The van der Waals surface area contributed by atoms with Crippen molar-refractivity contribution in [2.75, 3.05) is 24.5 Å². The molecule has 0 aliphatic carbocycles. The van der Waals surface area contributed by atoms with Gasteiger partial charge in [0.25, 0.3) is 0 Å². The van der Waals surface area contributed by atoms with Crippen molar-refractivity contribution in [1.29, 1.82) is 0 Å². The molecule has 2 N–H and O–H groups in total. The van der Waals surface area contributed by atoms with Crippen LogP contribution in [-0.2, 0) is 5.66 Å². The molecule has 1 aromatic carbocycles. The number of anilines is 1. The first-order valence-electron chi connectivity index (χ1n) is 14.0. The first kappa shape index (κ1) is 24.9. The monoisotopic (exact) mass is 537 g/mol. The highest BCUT2D eigenvalue weighted by molar-refractivity contribution is 5.68. The number of fused-ring (bicyclic) bond motifs is 1. The van der Waals surface area contributed by atoms with Crippen LogP contribution in [0.4, 0.5) is 10.2 Å². The van der Waals surface area contributed by atoms with Gasteiger partial charge in [0.2, 0.25) is 0 Å². The predicted octanol–water partition coefficient (Wildman–Crippen LogP) is 4.41. The van der Waals surface area contributed by atoms with Gasteiger partial charge in [-0.15, -0.1) is 5.10 Å². The normalized spacial score (nSPS) is 23.9. The van der Waals surface area contributed by atoms with Gasteiger partial charge in [0.15, 0.2) is 5.65 Å². The fourth-order valence-electron chi connectivity index (χ4n) is 6.38. The van der Waals surface area contributed by atoms with Crippen molar-refractivity contribution in [2.24, 2.45) is 0 Å². The molecule has 2 fully saturated rings. The number of allylic oxidation sites excluding steroid dienone is 2. The molecule has 7 rings (SSSR count). The van der Waals surface area contributed by atoms with Crippen LogP contribution < -0.4 is 10.2 Å². The van der Waals surface area contributed by atoms with Crippen molar-refractivity contribution in [3.05, 3.63) is 108 Å². The second-order valence-corrected chi connectivity index (χ2v) is 10.8. The number of imidazole rings is 1. The number of hydrogen-bond donors (Lipinski definition) is 2. The van der Waals surface area contributed by atoms with Crippen molar-refractivity contribution in [3.8, 4) is 0 Å². The molecule has 0 bridgehead atoms. The average molecular weight is 538 g/mol. The molecule has 6 heterocycles. The molecular weight excluding hydrogens is 505 g/mol. The molecule has 3 aliphatic rings. The van der Waals surface area contributed by atoms with Crippen LogP contribution >= 0.6 is 0 Å². The number of halogens is 1. The Morgan fingerprint density at radius 1 is 1.00 bits per heavy atom. The van der Waals surface area contributed by atoms with Gasteiger partial charge >= 0.3 is 0 Å². The van der Waals surface area contributed by atoms with Gasteiger partial charge in [-0.1, -0.05) is 18.2 Å². The van der Waals surface area contributed by atoms with Gasteiger partial charge in [0.05, 0.1) is 24.0 Å². The third kappa shape index (κ3) is 4.35. The fraction of sp³-hybridized carbons (Fsp3) is 0.323. The number of aliphatic hydroxyl groups excluding tert-OH is 1. The van der Waals surface area contributed by atoms with E-state index in [9.17, 15) is 9.50 Å². The van der Waals surface area contributed by atoms with Gasteiger partial charge in [-0.2, -0.15) is 0 Å². The number of rotatable bonds is 5. The van der Waals surface area contributed by atoms with Crippen LogP contribution in [0.15, 0.2) is 85.3 Å². The number of pyridine rings is 1. The van der Waals surface area contributed by atoms with Gasteiger partial charge in [0.1, 0.15) is 23.0 Å². The lowest BCUT2D eigenvalue weighted by molar-refractivity contribution is 0.0252. The average Bonchev–Trinajstić information content (AvgIpc) is 3.65. The number of dihydropyridines is 1. The van der Waals surface area contributed by atoms with Gasteiger partial charge < -0.3 is 15.3 Å². The van der Waals surface area contributed by atoms with Crippen molar-refractivity contribution in [1.82, 2.24) is 29.8 Å². The summed E-state index contributed by atoms with van der Waals surface area (Å²) in [5, 5.41) is 19.1. The zero-order valence-electron chi connectivity index (χ0n) is 22.2. The second kappa shape index (κ2) is 10.1. The fourth-order valence-corrected chi connectivity index (χ4v) is 6.38. The van der Waals surface area contributed by atoms with E-state index in [2.05, 4.69) is 43.3 Å². The van der Waals surface area contributed by atoms with Gasteiger partial charge in [-0.3, -0.25) is 9.88 Å². The Hall–Kier alpha value is -4.08. The summed E-state index contributed by atoms with van der Waals surface area (Å²) in [6.07, 6.45) is 15.0. The Kier molecular flexibility index (Phi) is 6.32. The standard InChI is InChI=1S/C31H32FN7O/c32-24-5-1-4-22(20-24)27-7-3-17-38(27)30-9-8-29-34-21-28(39(29)36-30)26-6-2-14-31(35-26,23-10-15-33-16-11-23)37-18-12-25(40)13-19-37/h1-2,4-6,8-11,14-16,20-21,25,27,35,40H,3,7,12-13,17-19H2. The van der Waals surface area contributed by atoms with Crippen LogP contribution in [0.3, 0.4) is 0 Å². The minimum absolute atomic E-state index is 0.0800. The van der Waals surface area contributed by atoms with Crippen LogP contribution in [0.25, 0.3) is 11.3 Å². The minimum Gasteiger partial charge on any atom is -0.393 e. The van der Waals surface area contributed by atoms with E-state index >= 15 is 0 Å². The van der Waals surface area contributed by atoms with E-state index in [0.717, 1.165) is 79.3 Å². The third-order valence-corrected chi connectivity index (χ3v) is 8.41. The molecule has 40 heavy (non-hydrogen) atoms. The largest absolute Gasteiger partial charge is 0.393 e. The van der Waals surface area contributed by atoms with E-state index in [-0.39, 0.29) is 18.0 Å². The summed E-state index contributed by atoms with van der Waals surface area (Å²) >= 11 is 0.